The lowest BCUT2D eigenvalue weighted by atomic mass is 9.92. The average molecular weight is 270 g/mol. The number of esters is 1. The van der Waals surface area contributed by atoms with Gasteiger partial charge in [-0.3, -0.25) is 4.79 Å². The number of aliphatic hydroxyl groups is 1. The second-order valence-corrected chi connectivity index (χ2v) is 5.29. The van der Waals surface area contributed by atoms with E-state index in [-0.39, 0.29) is 24.6 Å². The van der Waals surface area contributed by atoms with E-state index < -0.39 is 0 Å². The average Bonchev–Trinajstić information content (AvgIpc) is 2.47. The zero-order valence-electron chi connectivity index (χ0n) is 11.3. The van der Waals surface area contributed by atoms with Crippen molar-refractivity contribution in [3.05, 3.63) is 48.0 Å². The Labute approximate surface area is 118 Å². The molecule has 1 N–H and O–H groups in total. The van der Waals surface area contributed by atoms with E-state index in [9.17, 15) is 4.79 Å². The molecule has 3 rings (SSSR count). The van der Waals surface area contributed by atoms with Crippen molar-refractivity contribution >= 4 is 16.7 Å². The van der Waals surface area contributed by atoms with Crippen LogP contribution in [0, 0.1) is 5.92 Å². The highest BCUT2D eigenvalue weighted by Crippen LogP contribution is 2.27. The molecular weight excluding hydrogens is 252 g/mol. The van der Waals surface area contributed by atoms with Crippen LogP contribution in [0.1, 0.15) is 18.4 Å². The molecule has 104 valence electrons. The first-order valence-corrected chi connectivity index (χ1v) is 7.07. The predicted molar refractivity (Wildman–Crippen MR) is 77.3 cm³/mol. The van der Waals surface area contributed by atoms with Gasteiger partial charge >= 0.3 is 5.97 Å². The first-order chi connectivity index (χ1) is 9.79. The van der Waals surface area contributed by atoms with Gasteiger partial charge in [0.05, 0.1) is 6.61 Å². The summed E-state index contributed by atoms with van der Waals surface area (Å²) in [5.74, 6) is -0.565. The number of benzene rings is 2. The summed E-state index contributed by atoms with van der Waals surface area (Å²) in [4.78, 5) is 11.1. The Kier molecular flexibility index (Phi) is 3.70. The second-order valence-electron chi connectivity index (χ2n) is 5.29. The molecule has 0 aromatic heterocycles. The highest BCUT2D eigenvalue weighted by molar-refractivity contribution is 5.85. The Bertz CT molecular complexity index is 615. The van der Waals surface area contributed by atoms with Gasteiger partial charge in [0, 0.05) is 0 Å². The first kappa shape index (κ1) is 13.1. The van der Waals surface area contributed by atoms with Crippen molar-refractivity contribution in [1.82, 2.24) is 0 Å². The molecule has 0 aliphatic carbocycles. The maximum atomic E-state index is 11.1. The van der Waals surface area contributed by atoms with E-state index in [0.717, 1.165) is 19.3 Å². The number of rotatable bonds is 5. The molecule has 2 aromatic rings. The number of fused-ring (bicyclic) bond motifs is 1. The van der Waals surface area contributed by atoms with E-state index in [2.05, 4.69) is 36.4 Å². The minimum absolute atomic E-state index is 0.0949. The summed E-state index contributed by atoms with van der Waals surface area (Å²) in [6.45, 7) is -0.0994. The van der Waals surface area contributed by atoms with Gasteiger partial charge in [0.1, 0.15) is 12.0 Å². The predicted octanol–water partition coefficient (Wildman–Crippen LogP) is 2.70. The fourth-order valence-corrected chi connectivity index (χ4v) is 2.85. The Morgan fingerprint density at radius 1 is 1.10 bits per heavy atom. The SMILES string of the molecule is O=C1O[C@@H](CCCc2cccc3ccccc23)[C@@H]1CO. The van der Waals surface area contributed by atoms with Crippen molar-refractivity contribution in [1.29, 1.82) is 0 Å². The number of carbonyl (C=O) groups excluding carboxylic acids is 1. The molecule has 2 aromatic carbocycles. The van der Waals surface area contributed by atoms with Crippen LogP contribution in [0.5, 0.6) is 0 Å². The number of ether oxygens (including phenoxy) is 1. The Morgan fingerprint density at radius 2 is 1.90 bits per heavy atom. The van der Waals surface area contributed by atoms with E-state index in [1.165, 1.54) is 16.3 Å². The summed E-state index contributed by atoms with van der Waals surface area (Å²) < 4.78 is 5.07. The summed E-state index contributed by atoms with van der Waals surface area (Å²) in [5.41, 5.74) is 1.33. The van der Waals surface area contributed by atoms with E-state index in [4.69, 9.17) is 9.84 Å². The van der Waals surface area contributed by atoms with Crippen molar-refractivity contribution in [3.63, 3.8) is 0 Å². The summed E-state index contributed by atoms with van der Waals surface area (Å²) in [7, 11) is 0. The second kappa shape index (κ2) is 5.63. The third-order valence-electron chi connectivity index (χ3n) is 4.03. The number of aryl methyl sites for hydroxylation is 1. The van der Waals surface area contributed by atoms with Crippen LogP contribution in [0.4, 0.5) is 0 Å². The molecule has 0 radical (unpaired) electrons. The lowest BCUT2D eigenvalue weighted by Crippen LogP contribution is -2.47. The van der Waals surface area contributed by atoms with Crippen LogP contribution < -0.4 is 0 Å². The fraction of sp³-hybridized carbons (Fsp3) is 0.353. The summed E-state index contributed by atoms with van der Waals surface area (Å²) >= 11 is 0. The lowest BCUT2D eigenvalue weighted by molar-refractivity contribution is -0.188. The smallest absolute Gasteiger partial charge is 0.315 e. The molecule has 0 amide bonds. The fourth-order valence-electron chi connectivity index (χ4n) is 2.85. The normalized spacial score (nSPS) is 21.6. The van der Waals surface area contributed by atoms with Gasteiger partial charge in [-0.1, -0.05) is 42.5 Å². The van der Waals surface area contributed by atoms with Crippen LogP contribution in [0.3, 0.4) is 0 Å². The maximum Gasteiger partial charge on any atom is 0.315 e. The van der Waals surface area contributed by atoms with Gasteiger partial charge in [0.15, 0.2) is 0 Å². The minimum atomic E-state index is -0.303. The van der Waals surface area contributed by atoms with Crippen molar-refractivity contribution in [2.24, 2.45) is 5.92 Å². The van der Waals surface area contributed by atoms with E-state index >= 15 is 0 Å². The first-order valence-electron chi connectivity index (χ1n) is 7.07. The Balaban J connectivity index is 1.62. The highest BCUT2D eigenvalue weighted by Gasteiger charge is 2.41. The molecule has 3 heteroatoms. The number of cyclic esters (lactones) is 1. The molecule has 1 aliphatic heterocycles. The van der Waals surface area contributed by atoms with Gasteiger partial charge < -0.3 is 9.84 Å². The standard InChI is InChI=1S/C17H18O3/c18-11-15-16(20-17(15)19)10-4-8-13-7-3-6-12-5-1-2-9-14(12)13/h1-3,5-7,9,15-16,18H,4,8,10-11H2/t15-,16-/m0/s1. The van der Waals surface area contributed by atoms with E-state index in [1.54, 1.807) is 0 Å². The molecule has 0 saturated carbocycles. The van der Waals surface area contributed by atoms with Crippen LogP contribution in [-0.2, 0) is 16.0 Å². The molecule has 2 atom stereocenters. The third-order valence-corrected chi connectivity index (χ3v) is 4.03. The van der Waals surface area contributed by atoms with Crippen molar-refractivity contribution < 1.29 is 14.6 Å². The van der Waals surface area contributed by atoms with E-state index in [0.29, 0.717) is 0 Å². The molecule has 1 heterocycles. The van der Waals surface area contributed by atoms with Crippen molar-refractivity contribution in [3.8, 4) is 0 Å². The number of hydrogen-bond acceptors (Lipinski definition) is 3. The highest BCUT2D eigenvalue weighted by atomic mass is 16.6. The van der Waals surface area contributed by atoms with E-state index in [1.807, 2.05) is 6.07 Å². The largest absolute Gasteiger partial charge is 0.461 e. The lowest BCUT2D eigenvalue weighted by Gasteiger charge is -2.33. The topological polar surface area (TPSA) is 46.5 Å². The Morgan fingerprint density at radius 3 is 2.70 bits per heavy atom. The monoisotopic (exact) mass is 270 g/mol. The molecule has 1 fully saturated rings. The molecule has 0 bridgehead atoms. The zero-order chi connectivity index (χ0) is 13.9. The molecule has 1 aliphatic rings. The quantitative estimate of drug-likeness (QED) is 0.850. The summed E-state index contributed by atoms with van der Waals surface area (Å²) in [6.07, 6.45) is 2.65. The van der Waals surface area contributed by atoms with Crippen LogP contribution in [0.15, 0.2) is 42.5 Å². The molecule has 3 nitrogen and oxygen atoms in total. The molecule has 1 saturated heterocycles. The van der Waals surface area contributed by atoms with Crippen molar-refractivity contribution in [2.75, 3.05) is 6.61 Å². The molecule has 0 spiro atoms. The van der Waals surface area contributed by atoms with Gasteiger partial charge in [-0.25, -0.2) is 0 Å². The number of aliphatic hydroxyl groups excluding tert-OH is 1. The minimum Gasteiger partial charge on any atom is -0.461 e. The van der Waals surface area contributed by atoms with Gasteiger partial charge in [0.2, 0.25) is 0 Å². The number of carbonyl (C=O) groups is 1. The van der Waals surface area contributed by atoms with Crippen LogP contribution >= 0.6 is 0 Å². The Hall–Kier alpha value is -1.87. The van der Waals surface area contributed by atoms with Gasteiger partial charge in [-0.15, -0.1) is 0 Å². The summed E-state index contributed by atoms with van der Waals surface area (Å²) in [5, 5.41) is 11.6. The third kappa shape index (κ3) is 2.41. The number of hydrogen-bond donors (Lipinski definition) is 1. The zero-order valence-corrected chi connectivity index (χ0v) is 11.3. The van der Waals surface area contributed by atoms with Gasteiger partial charge in [-0.2, -0.15) is 0 Å². The molecular formula is C17H18O3. The molecule has 0 unspecified atom stereocenters. The van der Waals surface area contributed by atoms with Gasteiger partial charge in [-0.05, 0) is 35.6 Å². The van der Waals surface area contributed by atoms with Crippen LogP contribution in [0.25, 0.3) is 10.8 Å². The van der Waals surface area contributed by atoms with Crippen LogP contribution in [-0.4, -0.2) is 23.8 Å². The summed E-state index contributed by atoms with van der Waals surface area (Å²) in [6, 6.07) is 14.7. The van der Waals surface area contributed by atoms with Crippen LogP contribution in [0.2, 0.25) is 0 Å². The maximum absolute atomic E-state index is 11.1. The van der Waals surface area contributed by atoms with Gasteiger partial charge in [0.25, 0.3) is 0 Å². The van der Waals surface area contributed by atoms with Crippen molar-refractivity contribution in [2.45, 2.75) is 25.4 Å². The molecule has 20 heavy (non-hydrogen) atoms.